The number of aromatic nitrogens is 2. The molecule has 1 aliphatic heterocycles. The predicted octanol–water partition coefficient (Wildman–Crippen LogP) is 1.92. The first-order valence-corrected chi connectivity index (χ1v) is 9.80. The zero-order valence-corrected chi connectivity index (χ0v) is 16.5. The van der Waals surface area contributed by atoms with Gasteiger partial charge < -0.3 is 9.80 Å². The molecule has 0 spiro atoms. The zero-order chi connectivity index (χ0) is 18.7. The molecule has 1 amide bonds. The molecule has 3 rings (SSSR count). The SMILES string of the molecule is CCCc1nn(-c2ccccc2)c(C(C)C)c1C(=O)N1CC[NH+](C)CC1. The van der Waals surface area contributed by atoms with Gasteiger partial charge in [0.15, 0.2) is 0 Å². The van der Waals surface area contributed by atoms with Gasteiger partial charge in [0.05, 0.1) is 55.9 Å². The maximum atomic E-state index is 13.4. The summed E-state index contributed by atoms with van der Waals surface area (Å²) in [6, 6.07) is 10.2. The van der Waals surface area contributed by atoms with Crippen molar-refractivity contribution in [1.82, 2.24) is 14.7 Å². The molecule has 1 aromatic carbocycles. The molecule has 1 aromatic heterocycles. The molecule has 0 atom stereocenters. The van der Waals surface area contributed by atoms with Crippen LogP contribution in [0.3, 0.4) is 0 Å². The first-order chi connectivity index (χ1) is 12.5. The van der Waals surface area contributed by atoms with Gasteiger partial charge in [-0.1, -0.05) is 45.4 Å². The van der Waals surface area contributed by atoms with E-state index in [0.29, 0.717) is 0 Å². The highest BCUT2D eigenvalue weighted by atomic mass is 16.2. The van der Waals surface area contributed by atoms with E-state index in [-0.39, 0.29) is 11.8 Å². The molecule has 1 saturated heterocycles. The van der Waals surface area contributed by atoms with Crippen LogP contribution in [0.2, 0.25) is 0 Å². The molecule has 0 bridgehead atoms. The van der Waals surface area contributed by atoms with Gasteiger partial charge in [-0.15, -0.1) is 0 Å². The number of benzene rings is 1. The van der Waals surface area contributed by atoms with E-state index in [1.165, 1.54) is 4.90 Å². The van der Waals surface area contributed by atoms with E-state index in [9.17, 15) is 4.79 Å². The Hall–Kier alpha value is -2.14. The van der Waals surface area contributed by atoms with Crippen molar-refractivity contribution in [3.63, 3.8) is 0 Å². The molecule has 1 N–H and O–H groups in total. The summed E-state index contributed by atoms with van der Waals surface area (Å²) >= 11 is 0. The summed E-state index contributed by atoms with van der Waals surface area (Å²) in [5, 5.41) is 4.89. The number of hydrogen-bond acceptors (Lipinski definition) is 2. The second-order valence-electron chi connectivity index (χ2n) is 7.61. The van der Waals surface area contributed by atoms with Crippen molar-refractivity contribution in [2.45, 2.75) is 39.5 Å². The van der Waals surface area contributed by atoms with E-state index in [1.807, 2.05) is 27.8 Å². The van der Waals surface area contributed by atoms with Crippen molar-refractivity contribution in [2.24, 2.45) is 0 Å². The van der Waals surface area contributed by atoms with Gasteiger partial charge in [-0.3, -0.25) is 4.79 Å². The van der Waals surface area contributed by atoms with Crippen LogP contribution in [0.1, 0.15) is 54.9 Å². The molecule has 140 valence electrons. The normalized spacial score (nSPS) is 15.7. The zero-order valence-electron chi connectivity index (χ0n) is 16.5. The maximum absolute atomic E-state index is 13.4. The van der Waals surface area contributed by atoms with Crippen LogP contribution in [0, 0.1) is 0 Å². The molecular formula is C21H31N4O+. The Bertz CT molecular complexity index is 743. The topological polar surface area (TPSA) is 42.6 Å². The Morgan fingerprint density at radius 3 is 2.42 bits per heavy atom. The van der Waals surface area contributed by atoms with Gasteiger partial charge in [-0.25, -0.2) is 4.68 Å². The van der Waals surface area contributed by atoms with Gasteiger partial charge in [-0.2, -0.15) is 5.10 Å². The van der Waals surface area contributed by atoms with Gasteiger partial charge in [0.2, 0.25) is 0 Å². The average molecular weight is 356 g/mol. The summed E-state index contributed by atoms with van der Waals surface area (Å²) in [7, 11) is 2.19. The number of rotatable bonds is 5. The summed E-state index contributed by atoms with van der Waals surface area (Å²) in [5.74, 6) is 0.386. The third kappa shape index (κ3) is 3.68. The number of para-hydroxylation sites is 1. The third-order valence-corrected chi connectivity index (χ3v) is 5.15. The highest BCUT2D eigenvalue weighted by molar-refractivity contribution is 5.97. The highest BCUT2D eigenvalue weighted by Gasteiger charge is 2.31. The van der Waals surface area contributed by atoms with Gasteiger partial charge in [0.1, 0.15) is 0 Å². The molecule has 0 radical (unpaired) electrons. The number of carbonyl (C=O) groups is 1. The second-order valence-corrected chi connectivity index (χ2v) is 7.61. The summed E-state index contributed by atoms with van der Waals surface area (Å²) in [6.45, 7) is 10.1. The van der Waals surface area contributed by atoms with Gasteiger partial charge in [0, 0.05) is 0 Å². The molecular weight excluding hydrogens is 324 g/mol. The number of quaternary nitrogens is 1. The van der Waals surface area contributed by atoms with Gasteiger partial charge >= 0.3 is 0 Å². The first-order valence-electron chi connectivity index (χ1n) is 9.80. The van der Waals surface area contributed by atoms with Crippen molar-refractivity contribution in [2.75, 3.05) is 33.2 Å². The summed E-state index contributed by atoms with van der Waals surface area (Å²) in [6.07, 6.45) is 1.82. The monoisotopic (exact) mass is 355 g/mol. The molecule has 5 heteroatoms. The fourth-order valence-corrected chi connectivity index (χ4v) is 3.67. The Morgan fingerprint density at radius 2 is 1.85 bits per heavy atom. The van der Waals surface area contributed by atoms with Crippen LogP contribution in [0.25, 0.3) is 5.69 Å². The summed E-state index contributed by atoms with van der Waals surface area (Å²) in [5.41, 5.74) is 3.84. The van der Waals surface area contributed by atoms with E-state index in [1.54, 1.807) is 0 Å². The quantitative estimate of drug-likeness (QED) is 0.890. The van der Waals surface area contributed by atoms with Crippen molar-refractivity contribution in [1.29, 1.82) is 0 Å². The van der Waals surface area contributed by atoms with Crippen molar-refractivity contribution < 1.29 is 9.69 Å². The highest BCUT2D eigenvalue weighted by Crippen LogP contribution is 2.28. The number of amides is 1. The largest absolute Gasteiger partial charge is 0.334 e. The van der Waals surface area contributed by atoms with Crippen molar-refractivity contribution >= 4 is 5.91 Å². The van der Waals surface area contributed by atoms with E-state index in [0.717, 1.165) is 61.7 Å². The van der Waals surface area contributed by atoms with Crippen molar-refractivity contribution in [3.8, 4) is 5.69 Å². The fourth-order valence-electron chi connectivity index (χ4n) is 3.67. The lowest BCUT2D eigenvalue weighted by atomic mass is 10.00. The number of aryl methyl sites for hydroxylation is 1. The van der Waals surface area contributed by atoms with E-state index in [4.69, 9.17) is 5.10 Å². The van der Waals surface area contributed by atoms with Crippen LogP contribution in [0.4, 0.5) is 0 Å². The molecule has 1 aliphatic rings. The van der Waals surface area contributed by atoms with E-state index < -0.39 is 0 Å². The smallest absolute Gasteiger partial charge is 0.258 e. The standard InChI is InChI=1S/C21H30N4O/c1-5-9-18-19(21(26)24-14-12-23(4)13-15-24)20(16(2)3)25(22-18)17-10-7-6-8-11-17/h6-8,10-11,16H,5,9,12-15H2,1-4H3/p+1. The van der Waals surface area contributed by atoms with Crippen LogP contribution >= 0.6 is 0 Å². The first kappa shape index (κ1) is 18.6. The Balaban J connectivity index is 2.07. The summed E-state index contributed by atoms with van der Waals surface area (Å²) in [4.78, 5) is 16.9. The molecule has 0 unspecified atom stereocenters. The Kier molecular flexibility index (Phi) is 5.77. The number of piperazine rings is 1. The molecule has 0 aliphatic carbocycles. The molecule has 26 heavy (non-hydrogen) atoms. The molecule has 1 fully saturated rings. The molecule has 5 nitrogen and oxygen atoms in total. The van der Waals surface area contributed by atoms with E-state index in [2.05, 4.69) is 40.0 Å². The van der Waals surface area contributed by atoms with Gasteiger partial charge in [-0.05, 0) is 24.5 Å². The summed E-state index contributed by atoms with van der Waals surface area (Å²) < 4.78 is 1.99. The van der Waals surface area contributed by atoms with Crippen LogP contribution in [-0.2, 0) is 6.42 Å². The van der Waals surface area contributed by atoms with E-state index >= 15 is 0 Å². The number of carbonyl (C=O) groups excluding carboxylic acids is 1. The molecule has 0 saturated carbocycles. The third-order valence-electron chi connectivity index (χ3n) is 5.15. The molecule has 2 aromatic rings. The second kappa shape index (κ2) is 8.04. The van der Waals surface area contributed by atoms with Crippen LogP contribution in [-0.4, -0.2) is 53.8 Å². The lowest BCUT2D eigenvalue weighted by Gasteiger charge is -2.30. The van der Waals surface area contributed by atoms with Crippen LogP contribution in [0.5, 0.6) is 0 Å². The minimum atomic E-state index is 0.159. The minimum Gasteiger partial charge on any atom is -0.334 e. The predicted molar refractivity (Wildman–Crippen MR) is 104 cm³/mol. The Labute approximate surface area is 156 Å². The lowest BCUT2D eigenvalue weighted by molar-refractivity contribution is -0.883. The minimum absolute atomic E-state index is 0.159. The number of nitrogens with zero attached hydrogens (tertiary/aromatic N) is 3. The van der Waals surface area contributed by atoms with Crippen molar-refractivity contribution in [3.05, 3.63) is 47.3 Å². The number of nitrogens with one attached hydrogen (secondary N) is 1. The fraction of sp³-hybridized carbons (Fsp3) is 0.524. The Morgan fingerprint density at radius 1 is 1.19 bits per heavy atom. The van der Waals surface area contributed by atoms with Crippen LogP contribution < -0.4 is 4.90 Å². The lowest BCUT2D eigenvalue weighted by Crippen LogP contribution is -3.12. The number of hydrogen-bond donors (Lipinski definition) is 1. The van der Waals surface area contributed by atoms with Crippen LogP contribution in [0.15, 0.2) is 30.3 Å². The number of likely N-dealkylation sites (N-methyl/N-ethyl adjacent to an activating group) is 1. The average Bonchev–Trinajstić information content (AvgIpc) is 3.02. The molecule has 2 heterocycles. The maximum Gasteiger partial charge on any atom is 0.258 e. The van der Waals surface area contributed by atoms with Gasteiger partial charge in [0.25, 0.3) is 5.91 Å².